The van der Waals surface area contributed by atoms with Gasteiger partial charge in [-0.1, -0.05) is 15.9 Å². The van der Waals surface area contributed by atoms with Crippen molar-refractivity contribution in [2.45, 2.75) is 13.5 Å². The van der Waals surface area contributed by atoms with Crippen molar-refractivity contribution in [3.63, 3.8) is 0 Å². The number of aromatic hydroxyl groups is 1. The maximum Gasteiger partial charge on any atom is 0.200 e. The summed E-state index contributed by atoms with van der Waals surface area (Å²) in [5, 5.41) is 25.5. The van der Waals surface area contributed by atoms with Gasteiger partial charge in [0.2, 0.25) is 0 Å². The number of hydrogen-bond donors (Lipinski definition) is 1. The molecule has 0 unspecified atom stereocenters. The first kappa shape index (κ1) is 13.7. The summed E-state index contributed by atoms with van der Waals surface area (Å²) in [6, 6.07) is 9.05. The van der Waals surface area contributed by atoms with E-state index in [0.29, 0.717) is 12.2 Å². The predicted molar refractivity (Wildman–Crippen MR) is 81.1 cm³/mol. The van der Waals surface area contributed by atoms with Gasteiger partial charge < -0.3 is 10.0 Å². The van der Waals surface area contributed by atoms with Gasteiger partial charge in [0.1, 0.15) is 5.75 Å². The normalized spacial score (nSPS) is 11.0. The van der Waals surface area contributed by atoms with Crippen molar-refractivity contribution in [1.29, 1.82) is 0 Å². The zero-order valence-electron chi connectivity index (χ0n) is 11.3. The van der Waals surface area contributed by atoms with Crippen molar-refractivity contribution >= 4 is 27.4 Å². The number of phenolic OH excluding ortho intramolecular Hbond substituents is 1. The number of aromatic nitrogens is 5. The van der Waals surface area contributed by atoms with Crippen LogP contribution in [0.25, 0.3) is 5.65 Å². The fraction of sp³-hybridized carbons (Fsp3) is 0.231. The highest BCUT2D eigenvalue weighted by molar-refractivity contribution is 9.10. The third-order valence-electron chi connectivity index (χ3n) is 3.16. The van der Waals surface area contributed by atoms with E-state index < -0.39 is 0 Å². The molecule has 7 nitrogen and oxygen atoms in total. The number of nitrogens with zero attached hydrogens (tertiary/aromatic N) is 6. The van der Waals surface area contributed by atoms with Crippen LogP contribution in [0.5, 0.6) is 5.75 Å². The average Bonchev–Trinajstić information content (AvgIpc) is 2.95. The highest BCUT2D eigenvalue weighted by Gasteiger charge is 2.11. The molecule has 0 aliphatic carbocycles. The van der Waals surface area contributed by atoms with Crippen molar-refractivity contribution in [2.24, 2.45) is 0 Å². The molecule has 0 aliphatic heterocycles. The van der Waals surface area contributed by atoms with Crippen LogP contribution in [0.3, 0.4) is 0 Å². The number of fused-ring (bicyclic) bond motifs is 1. The number of hydrogen-bond acceptors (Lipinski definition) is 6. The number of anilines is 1. The molecular weight excluding hydrogens is 336 g/mol. The van der Waals surface area contributed by atoms with Crippen molar-refractivity contribution in [3.05, 3.63) is 40.4 Å². The van der Waals surface area contributed by atoms with Gasteiger partial charge in [-0.15, -0.1) is 14.8 Å². The minimum atomic E-state index is 0.264. The fourth-order valence-electron chi connectivity index (χ4n) is 2.05. The van der Waals surface area contributed by atoms with Crippen molar-refractivity contribution in [3.8, 4) is 5.75 Å². The van der Waals surface area contributed by atoms with E-state index in [-0.39, 0.29) is 5.75 Å². The van der Waals surface area contributed by atoms with Crippen LogP contribution in [0.15, 0.2) is 34.8 Å². The van der Waals surface area contributed by atoms with Crippen molar-refractivity contribution < 1.29 is 5.11 Å². The molecule has 0 amide bonds. The highest BCUT2D eigenvalue weighted by atomic mass is 79.9. The van der Waals surface area contributed by atoms with Crippen LogP contribution >= 0.6 is 15.9 Å². The molecule has 0 spiro atoms. The largest absolute Gasteiger partial charge is 0.508 e. The Morgan fingerprint density at radius 2 is 2.14 bits per heavy atom. The van der Waals surface area contributed by atoms with E-state index in [1.165, 1.54) is 4.63 Å². The summed E-state index contributed by atoms with van der Waals surface area (Å²) >= 11 is 3.42. The molecule has 8 heteroatoms. The Hall–Kier alpha value is -2.22. The summed E-state index contributed by atoms with van der Waals surface area (Å²) < 4.78 is 2.31. The molecule has 0 atom stereocenters. The molecule has 1 N–H and O–H groups in total. The SMILES string of the molecule is CCN(Cc1cc(Br)ccc1O)c1ccc2nnnn2n1. The van der Waals surface area contributed by atoms with Crippen LogP contribution < -0.4 is 4.90 Å². The molecular formula is C13H13BrN6O. The number of halogens is 1. The Kier molecular flexibility index (Phi) is 3.70. The lowest BCUT2D eigenvalue weighted by Crippen LogP contribution is -2.24. The second kappa shape index (κ2) is 5.65. The number of rotatable bonds is 4. The number of benzene rings is 1. The monoisotopic (exact) mass is 348 g/mol. The van der Waals surface area contributed by atoms with E-state index in [4.69, 9.17) is 0 Å². The predicted octanol–water partition coefficient (Wildman–Crippen LogP) is 2.01. The second-order valence-electron chi connectivity index (χ2n) is 4.51. The Bertz CT molecular complexity index is 774. The number of phenols is 1. The molecule has 0 bridgehead atoms. The van der Waals surface area contributed by atoms with Crippen LogP contribution in [0.4, 0.5) is 5.82 Å². The fourth-order valence-corrected chi connectivity index (χ4v) is 2.46. The van der Waals surface area contributed by atoms with E-state index in [0.717, 1.165) is 22.4 Å². The molecule has 0 radical (unpaired) electrons. The lowest BCUT2D eigenvalue weighted by Gasteiger charge is -2.22. The molecule has 0 fully saturated rings. The minimum absolute atomic E-state index is 0.264. The van der Waals surface area contributed by atoms with Crippen LogP contribution in [-0.4, -0.2) is 36.9 Å². The first-order valence-electron chi connectivity index (χ1n) is 6.45. The molecule has 3 rings (SSSR count). The summed E-state index contributed by atoms with van der Waals surface area (Å²) in [5.74, 6) is 1.01. The summed E-state index contributed by atoms with van der Waals surface area (Å²) in [5.41, 5.74) is 1.42. The van der Waals surface area contributed by atoms with Gasteiger partial charge >= 0.3 is 0 Å². The third-order valence-corrected chi connectivity index (χ3v) is 3.66. The van der Waals surface area contributed by atoms with E-state index in [1.807, 2.05) is 30.0 Å². The zero-order chi connectivity index (χ0) is 14.8. The van der Waals surface area contributed by atoms with Gasteiger partial charge in [-0.05, 0) is 47.7 Å². The van der Waals surface area contributed by atoms with Crippen molar-refractivity contribution in [1.82, 2.24) is 25.3 Å². The van der Waals surface area contributed by atoms with E-state index in [1.54, 1.807) is 12.1 Å². The van der Waals surface area contributed by atoms with E-state index in [2.05, 4.69) is 36.6 Å². The maximum atomic E-state index is 9.96. The molecule has 108 valence electrons. The summed E-state index contributed by atoms with van der Waals surface area (Å²) in [6.07, 6.45) is 0. The topological polar surface area (TPSA) is 79.4 Å². The number of tetrazole rings is 1. The van der Waals surface area contributed by atoms with Gasteiger partial charge in [-0.2, -0.15) is 0 Å². The summed E-state index contributed by atoms with van der Waals surface area (Å²) in [7, 11) is 0. The van der Waals surface area contributed by atoms with Crippen LogP contribution in [0.1, 0.15) is 12.5 Å². The van der Waals surface area contributed by atoms with Gasteiger partial charge in [0, 0.05) is 23.1 Å². The third kappa shape index (κ3) is 2.80. The first-order chi connectivity index (χ1) is 10.2. The molecule has 2 aromatic heterocycles. The second-order valence-corrected chi connectivity index (χ2v) is 5.42. The molecule has 2 heterocycles. The van der Waals surface area contributed by atoms with Gasteiger partial charge in [0.05, 0.1) is 0 Å². The molecule has 0 saturated carbocycles. The van der Waals surface area contributed by atoms with E-state index >= 15 is 0 Å². The standard InChI is InChI=1S/C13H13BrN6O/c1-2-19(8-9-7-10(14)3-4-11(9)21)13-6-5-12-15-17-18-20(12)16-13/h3-7,21H,2,8H2,1H3. The van der Waals surface area contributed by atoms with Crippen LogP contribution in [0.2, 0.25) is 0 Å². The Morgan fingerprint density at radius 3 is 2.95 bits per heavy atom. The average molecular weight is 349 g/mol. The molecule has 21 heavy (non-hydrogen) atoms. The van der Waals surface area contributed by atoms with Gasteiger partial charge in [-0.25, -0.2) is 0 Å². The highest BCUT2D eigenvalue weighted by Crippen LogP contribution is 2.24. The van der Waals surface area contributed by atoms with Gasteiger partial charge in [-0.3, -0.25) is 0 Å². The van der Waals surface area contributed by atoms with Crippen LogP contribution in [0, 0.1) is 0 Å². The molecule has 3 aromatic rings. The maximum absolute atomic E-state index is 9.96. The quantitative estimate of drug-likeness (QED) is 0.776. The zero-order valence-corrected chi connectivity index (χ0v) is 12.9. The minimum Gasteiger partial charge on any atom is -0.508 e. The van der Waals surface area contributed by atoms with Gasteiger partial charge in [0.15, 0.2) is 11.5 Å². The smallest absolute Gasteiger partial charge is 0.200 e. The summed E-state index contributed by atoms with van der Waals surface area (Å²) in [4.78, 5) is 2.03. The first-order valence-corrected chi connectivity index (χ1v) is 7.24. The Morgan fingerprint density at radius 1 is 1.29 bits per heavy atom. The lowest BCUT2D eigenvalue weighted by molar-refractivity contribution is 0.467. The lowest BCUT2D eigenvalue weighted by atomic mass is 10.2. The molecule has 1 aromatic carbocycles. The summed E-state index contributed by atoms with van der Waals surface area (Å²) in [6.45, 7) is 3.31. The van der Waals surface area contributed by atoms with E-state index in [9.17, 15) is 5.11 Å². The molecule has 0 aliphatic rings. The Labute approximate surface area is 129 Å². The van der Waals surface area contributed by atoms with Crippen molar-refractivity contribution in [2.75, 3.05) is 11.4 Å². The Balaban J connectivity index is 1.92. The van der Waals surface area contributed by atoms with Crippen LogP contribution in [-0.2, 0) is 6.54 Å². The molecule has 0 saturated heterocycles. The van der Waals surface area contributed by atoms with Gasteiger partial charge in [0.25, 0.3) is 0 Å².